The molecular weight excluding hydrogens is 304 g/mol. The van der Waals surface area contributed by atoms with Gasteiger partial charge >= 0.3 is 0 Å². The van der Waals surface area contributed by atoms with E-state index in [1.54, 1.807) is 13.2 Å². The van der Waals surface area contributed by atoms with Crippen molar-refractivity contribution in [3.63, 3.8) is 0 Å². The van der Waals surface area contributed by atoms with Crippen molar-refractivity contribution in [1.29, 1.82) is 0 Å². The van der Waals surface area contributed by atoms with Gasteiger partial charge in [-0.15, -0.1) is 11.3 Å². The molecule has 3 rings (SSSR count). The van der Waals surface area contributed by atoms with Gasteiger partial charge in [0.2, 0.25) is 0 Å². The molecule has 3 aromatic rings. The zero-order valence-electron chi connectivity index (χ0n) is 11.4. The van der Waals surface area contributed by atoms with Gasteiger partial charge in [0.1, 0.15) is 5.75 Å². The number of anilines is 1. The number of nitrogens with zero attached hydrogens (tertiary/aromatic N) is 1. The molecule has 0 spiro atoms. The van der Waals surface area contributed by atoms with Gasteiger partial charge in [0, 0.05) is 5.69 Å². The molecule has 1 unspecified atom stereocenters. The molecule has 21 heavy (non-hydrogen) atoms. The summed E-state index contributed by atoms with van der Waals surface area (Å²) in [6, 6.07) is 13.1. The van der Waals surface area contributed by atoms with Gasteiger partial charge < -0.3 is 10.5 Å². The van der Waals surface area contributed by atoms with Gasteiger partial charge in [0.15, 0.2) is 4.34 Å². The number of hydrogen-bond acceptors (Lipinski definition) is 5. The Labute approximate surface area is 129 Å². The van der Waals surface area contributed by atoms with Crippen LogP contribution in [-0.4, -0.2) is 16.3 Å². The number of nitrogen functional groups attached to an aromatic ring is 1. The van der Waals surface area contributed by atoms with Crippen molar-refractivity contribution in [2.24, 2.45) is 0 Å². The first-order valence-corrected chi connectivity index (χ1v) is 8.46. The third-order valence-electron chi connectivity index (χ3n) is 3.02. The molecule has 0 radical (unpaired) electrons. The number of aromatic nitrogens is 1. The summed E-state index contributed by atoms with van der Waals surface area (Å²) >= 11 is 1.43. The van der Waals surface area contributed by atoms with Crippen LogP contribution in [0.25, 0.3) is 10.2 Å². The van der Waals surface area contributed by atoms with E-state index in [2.05, 4.69) is 4.98 Å². The fourth-order valence-electron chi connectivity index (χ4n) is 1.99. The maximum absolute atomic E-state index is 12.5. The normalized spacial score (nSPS) is 12.4. The van der Waals surface area contributed by atoms with E-state index < -0.39 is 10.8 Å². The van der Waals surface area contributed by atoms with Crippen molar-refractivity contribution in [2.75, 3.05) is 12.8 Å². The summed E-state index contributed by atoms with van der Waals surface area (Å²) < 4.78 is 19.2. The Morgan fingerprint density at radius 2 is 2.14 bits per heavy atom. The molecule has 0 aliphatic rings. The van der Waals surface area contributed by atoms with Crippen LogP contribution in [0.1, 0.15) is 5.56 Å². The Balaban J connectivity index is 1.86. The second-order valence-corrected chi connectivity index (χ2v) is 7.20. The molecule has 1 aromatic heterocycles. The van der Waals surface area contributed by atoms with Crippen molar-refractivity contribution in [2.45, 2.75) is 10.1 Å². The summed E-state index contributed by atoms with van der Waals surface area (Å²) in [5.74, 6) is 1.19. The second-order valence-electron chi connectivity index (χ2n) is 4.55. The SMILES string of the molecule is COc1cccc(CS(=O)c2nc3ccc(N)cc3s2)c1. The molecule has 1 heterocycles. The Morgan fingerprint density at radius 3 is 2.95 bits per heavy atom. The van der Waals surface area contributed by atoms with Crippen LogP contribution in [0.5, 0.6) is 5.75 Å². The maximum atomic E-state index is 12.5. The van der Waals surface area contributed by atoms with Crippen molar-refractivity contribution >= 4 is 38.0 Å². The fourth-order valence-corrected chi connectivity index (χ4v) is 4.36. The zero-order valence-corrected chi connectivity index (χ0v) is 13.0. The summed E-state index contributed by atoms with van der Waals surface area (Å²) in [6.07, 6.45) is 0. The number of rotatable bonds is 4. The van der Waals surface area contributed by atoms with Crippen molar-refractivity contribution in [3.05, 3.63) is 48.0 Å². The van der Waals surface area contributed by atoms with E-state index in [-0.39, 0.29) is 0 Å². The number of ether oxygens (including phenoxy) is 1. The first kappa shape index (κ1) is 14.0. The van der Waals surface area contributed by atoms with Gasteiger partial charge in [-0.05, 0) is 35.9 Å². The quantitative estimate of drug-likeness (QED) is 0.750. The largest absolute Gasteiger partial charge is 0.497 e. The highest BCUT2D eigenvalue weighted by molar-refractivity contribution is 7.86. The highest BCUT2D eigenvalue weighted by Crippen LogP contribution is 2.27. The number of nitrogens with two attached hydrogens (primary N) is 1. The number of hydrogen-bond donors (Lipinski definition) is 1. The van der Waals surface area contributed by atoms with Crippen LogP contribution in [-0.2, 0) is 16.6 Å². The maximum Gasteiger partial charge on any atom is 0.182 e. The lowest BCUT2D eigenvalue weighted by Crippen LogP contribution is -1.96. The average molecular weight is 318 g/mol. The zero-order chi connectivity index (χ0) is 14.8. The summed E-state index contributed by atoms with van der Waals surface area (Å²) in [7, 11) is 0.446. The standard InChI is InChI=1S/C15H14N2O2S2/c1-19-12-4-2-3-10(7-12)9-21(18)15-17-13-6-5-11(16)8-14(13)20-15/h2-8H,9,16H2,1H3. The van der Waals surface area contributed by atoms with Gasteiger partial charge in [-0.25, -0.2) is 4.98 Å². The molecule has 0 bridgehead atoms. The van der Waals surface area contributed by atoms with Gasteiger partial charge in [-0.3, -0.25) is 4.21 Å². The topological polar surface area (TPSA) is 65.2 Å². The molecule has 2 N–H and O–H groups in total. The fraction of sp³-hybridized carbons (Fsp3) is 0.133. The third kappa shape index (κ3) is 3.06. The lowest BCUT2D eigenvalue weighted by Gasteiger charge is -2.03. The van der Waals surface area contributed by atoms with Crippen LogP contribution in [0.4, 0.5) is 5.69 Å². The molecule has 0 saturated heterocycles. The molecule has 6 heteroatoms. The van der Waals surface area contributed by atoms with E-state index in [4.69, 9.17) is 10.5 Å². The van der Waals surface area contributed by atoms with E-state index in [0.717, 1.165) is 21.5 Å². The van der Waals surface area contributed by atoms with Gasteiger partial charge in [-0.2, -0.15) is 0 Å². The lowest BCUT2D eigenvalue weighted by molar-refractivity contribution is 0.414. The summed E-state index contributed by atoms with van der Waals surface area (Å²) in [5.41, 5.74) is 8.25. The Bertz CT molecular complexity index is 814. The summed E-state index contributed by atoms with van der Waals surface area (Å²) in [4.78, 5) is 4.42. The molecule has 0 aliphatic heterocycles. The van der Waals surface area contributed by atoms with E-state index in [0.29, 0.717) is 15.8 Å². The second kappa shape index (κ2) is 5.83. The minimum absolute atomic E-state index is 0.423. The average Bonchev–Trinajstić information content (AvgIpc) is 2.90. The monoisotopic (exact) mass is 318 g/mol. The molecule has 4 nitrogen and oxygen atoms in total. The van der Waals surface area contributed by atoms with Crippen LogP contribution < -0.4 is 10.5 Å². The minimum Gasteiger partial charge on any atom is -0.497 e. The molecule has 0 saturated carbocycles. The molecule has 108 valence electrons. The van der Waals surface area contributed by atoms with Crippen LogP contribution in [0, 0.1) is 0 Å². The Kier molecular flexibility index (Phi) is 3.90. The molecule has 0 amide bonds. The van der Waals surface area contributed by atoms with Gasteiger partial charge in [0.05, 0.1) is 33.9 Å². The van der Waals surface area contributed by atoms with Crippen molar-refractivity contribution in [1.82, 2.24) is 4.98 Å². The lowest BCUT2D eigenvalue weighted by atomic mass is 10.2. The Morgan fingerprint density at radius 1 is 1.29 bits per heavy atom. The van der Waals surface area contributed by atoms with E-state index in [1.165, 1.54) is 11.3 Å². The predicted molar refractivity (Wildman–Crippen MR) is 87.1 cm³/mol. The van der Waals surface area contributed by atoms with Crippen LogP contribution in [0.3, 0.4) is 0 Å². The van der Waals surface area contributed by atoms with Crippen LogP contribution in [0.2, 0.25) is 0 Å². The first-order chi connectivity index (χ1) is 10.2. The van der Waals surface area contributed by atoms with Crippen LogP contribution >= 0.6 is 11.3 Å². The highest BCUT2D eigenvalue weighted by atomic mass is 32.2. The Hall–Kier alpha value is -1.92. The predicted octanol–water partition coefficient (Wildman–Crippen LogP) is 3.19. The molecule has 1 atom stereocenters. The highest BCUT2D eigenvalue weighted by Gasteiger charge is 2.12. The van der Waals surface area contributed by atoms with E-state index in [9.17, 15) is 4.21 Å². The molecule has 2 aromatic carbocycles. The van der Waals surface area contributed by atoms with Gasteiger partial charge in [0.25, 0.3) is 0 Å². The summed E-state index contributed by atoms with van der Waals surface area (Å²) in [6.45, 7) is 0. The van der Waals surface area contributed by atoms with E-state index >= 15 is 0 Å². The van der Waals surface area contributed by atoms with Crippen molar-refractivity contribution < 1.29 is 8.95 Å². The molecule has 0 fully saturated rings. The van der Waals surface area contributed by atoms with Gasteiger partial charge in [-0.1, -0.05) is 12.1 Å². The number of benzene rings is 2. The minimum atomic E-state index is -1.17. The summed E-state index contributed by atoms with van der Waals surface area (Å²) in [5, 5.41) is 0. The third-order valence-corrected chi connectivity index (χ3v) is 5.72. The number of methoxy groups -OCH3 is 1. The smallest absolute Gasteiger partial charge is 0.182 e. The first-order valence-electron chi connectivity index (χ1n) is 6.33. The molecule has 0 aliphatic carbocycles. The number of thiazole rings is 1. The van der Waals surface area contributed by atoms with E-state index in [1.807, 2.05) is 36.4 Å². The van der Waals surface area contributed by atoms with Crippen molar-refractivity contribution in [3.8, 4) is 5.75 Å². The molecular formula is C15H14N2O2S2. The van der Waals surface area contributed by atoms with Crippen LogP contribution in [0.15, 0.2) is 46.8 Å². The number of fused-ring (bicyclic) bond motifs is 1.